The molecule has 158 valence electrons. The maximum absolute atomic E-state index is 12.5. The predicted molar refractivity (Wildman–Crippen MR) is 124 cm³/mol. The number of hydrogen-bond acceptors (Lipinski definition) is 8. The van der Waals surface area contributed by atoms with Gasteiger partial charge in [-0.2, -0.15) is 0 Å². The zero-order chi connectivity index (χ0) is 21.4. The number of carbonyl (C=O) groups is 1. The Labute approximate surface area is 184 Å². The molecule has 1 aliphatic carbocycles. The van der Waals surface area contributed by atoms with E-state index in [0.29, 0.717) is 16.3 Å². The topological polar surface area (TPSA) is 102 Å². The van der Waals surface area contributed by atoms with Crippen molar-refractivity contribution in [2.24, 2.45) is 5.92 Å². The fourth-order valence-electron chi connectivity index (χ4n) is 3.81. The number of fused-ring (bicyclic) bond motifs is 3. The molecule has 1 atom stereocenters. The number of carbonyl (C=O) groups excluding carboxylic acids is 1. The second kappa shape index (κ2) is 8.31. The first-order chi connectivity index (χ1) is 14.4. The van der Waals surface area contributed by atoms with Gasteiger partial charge in [0.05, 0.1) is 18.2 Å². The van der Waals surface area contributed by atoms with Gasteiger partial charge in [0.15, 0.2) is 0 Å². The lowest BCUT2D eigenvalue weighted by Crippen LogP contribution is -2.37. The van der Waals surface area contributed by atoms with E-state index in [4.69, 9.17) is 10.5 Å². The van der Waals surface area contributed by atoms with Gasteiger partial charge in [0.25, 0.3) is 0 Å². The van der Waals surface area contributed by atoms with Crippen molar-refractivity contribution >= 4 is 57.3 Å². The number of benzene rings is 1. The number of nitrogen functional groups attached to an aromatic ring is 1. The van der Waals surface area contributed by atoms with E-state index < -0.39 is 0 Å². The Morgan fingerprint density at radius 2 is 2.17 bits per heavy atom. The number of rotatable bonds is 5. The van der Waals surface area contributed by atoms with Crippen LogP contribution in [0.15, 0.2) is 23.4 Å². The van der Waals surface area contributed by atoms with E-state index in [1.807, 2.05) is 19.9 Å². The van der Waals surface area contributed by atoms with Gasteiger partial charge in [0.1, 0.15) is 22.7 Å². The normalized spacial score (nSPS) is 15.8. The van der Waals surface area contributed by atoms with Crippen molar-refractivity contribution in [3.63, 3.8) is 0 Å². The standard InChI is InChI=1S/C21H25N5O2S2/c1-10(2)25-20(27)11-4-5-12-17(6-11)30-21-18(12)19(23-9-24-21)26-14-8-16(29)13(22)7-15(14)28-3/h7-11,29H,4-6,22H2,1-3H3,(H,25,27)(H,23,24,26). The number of aryl methyl sites for hydroxylation is 1. The maximum atomic E-state index is 12.5. The first-order valence-corrected chi connectivity index (χ1v) is 11.1. The van der Waals surface area contributed by atoms with Gasteiger partial charge < -0.3 is 21.1 Å². The molecule has 4 N–H and O–H groups in total. The third-order valence-corrected chi connectivity index (χ3v) is 6.80. The zero-order valence-corrected chi connectivity index (χ0v) is 18.9. The summed E-state index contributed by atoms with van der Waals surface area (Å²) in [6.07, 6.45) is 3.93. The Hall–Kier alpha value is -2.52. The number of thiol groups is 1. The second-order valence-corrected chi connectivity index (χ2v) is 9.31. The molecule has 2 aromatic heterocycles. The number of anilines is 3. The van der Waals surface area contributed by atoms with E-state index in [1.165, 1.54) is 10.4 Å². The highest BCUT2D eigenvalue weighted by atomic mass is 32.1. The summed E-state index contributed by atoms with van der Waals surface area (Å²) in [6, 6.07) is 3.72. The van der Waals surface area contributed by atoms with Crippen LogP contribution in [-0.4, -0.2) is 29.0 Å². The minimum atomic E-state index is 0.00117. The number of nitrogens with two attached hydrogens (primary N) is 1. The highest BCUT2D eigenvalue weighted by Gasteiger charge is 2.29. The Morgan fingerprint density at radius 3 is 2.90 bits per heavy atom. The molecular weight excluding hydrogens is 418 g/mol. The van der Waals surface area contributed by atoms with E-state index in [1.54, 1.807) is 30.8 Å². The van der Waals surface area contributed by atoms with Gasteiger partial charge in [-0.3, -0.25) is 4.79 Å². The number of nitrogens with zero attached hydrogens (tertiary/aromatic N) is 2. The van der Waals surface area contributed by atoms with Crippen molar-refractivity contribution in [2.45, 2.75) is 44.0 Å². The largest absolute Gasteiger partial charge is 0.494 e. The molecule has 1 aromatic carbocycles. The van der Waals surface area contributed by atoms with Crippen molar-refractivity contribution in [3.8, 4) is 5.75 Å². The molecule has 1 unspecified atom stereocenters. The number of methoxy groups -OCH3 is 1. The number of thiophene rings is 1. The summed E-state index contributed by atoms with van der Waals surface area (Å²) in [6.45, 7) is 3.97. The van der Waals surface area contributed by atoms with Gasteiger partial charge in [0.2, 0.25) is 5.91 Å². The second-order valence-electron chi connectivity index (χ2n) is 7.75. The summed E-state index contributed by atoms with van der Waals surface area (Å²) in [5, 5.41) is 7.43. The van der Waals surface area contributed by atoms with Crippen LogP contribution in [0.3, 0.4) is 0 Å². The van der Waals surface area contributed by atoms with Gasteiger partial charge in [-0.25, -0.2) is 9.97 Å². The van der Waals surface area contributed by atoms with Crippen molar-refractivity contribution in [2.75, 3.05) is 18.2 Å². The molecule has 1 aliphatic rings. The van der Waals surface area contributed by atoms with Crippen molar-refractivity contribution in [1.82, 2.24) is 15.3 Å². The molecule has 0 saturated carbocycles. The highest BCUT2D eigenvalue weighted by molar-refractivity contribution is 7.80. The fraction of sp³-hybridized carbons (Fsp3) is 0.381. The SMILES string of the molecule is COc1cc(N)c(S)cc1Nc1ncnc2sc3c(c12)CCC(C(=O)NC(C)C)C3. The van der Waals surface area contributed by atoms with E-state index >= 15 is 0 Å². The van der Waals surface area contributed by atoms with Crippen LogP contribution in [-0.2, 0) is 17.6 Å². The van der Waals surface area contributed by atoms with Crippen molar-refractivity contribution in [3.05, 3.63) is 28.9 Å². The number of amides is 1. The van der Waals surface area contributed by atoms with Gasteiger partial charge in [-0.1, -0.05) is 0 Å². The summed E-state index contributed by atoms with van der Waals surface area (Å²) in [7, 11) is 1.60. The van der Waals surface area contributed by atoms with Gasteiger partial charge in [-0.15, -0.1) is 24.0 Å². The maximum Gasteiger partial charge on any atom is 0.223 e. The van der Waals surface area contributed by atoms with Crippen LogP contribution in [0.1, 0.15) is 30.7 Å². The summed E-state index contributed by atoms with van der Waals surface area (Å²) in [5.74, 6) is 1.47. The molecule has 0 radical (unpaired) electrons. The molecule has 3 aromatic rings. The third-order valence-electron chi connectivity index (χ3n) is 5.25. The fourth-order valence-corrected chi connectivity index (χ4v) is 5.27. The molecule has 9 heteroatoms. The van der Waals surface area contributed by atoms with Crippen LogP contribution in [0.2, 0.25) is 0 Å². The lowest BCUT2D eigenvalue weighted by molar-refractivity contribution is -0.125. The average Bonchev–Trinajstić information content (AvgIpc) is 3.08. The summed E-state index contributed by atoms with van der Waals surface area (Å²) < 4.78 is 5.47. The van der Waals surface area contributed by atoms with E-state index in [9.17, 15) is 4.79 Å². The van der Waals surface area contributed by atoms with Crippen LogP contribution in [0.25, 0.3) is 10.2 Å². The molecular formula is C21H25N5O2S2. The molecule has 7 nitrogen and oxygen atoms in total. The quantitative estimate of drug-likeness (QED) is 0.352. The highest BCUT2D eigenvalue weighted by Crippen LogP contribution is 2.42. The lowest BCUT2D eigenvalue weighted by Gasteiger charge is -2.23. The number of ether oxygens (including phenoxy) is 1. The van der Waals surface area contributed by atoms with Gasteiger partial charge in [-0.05, 0) is 44.7 Å². The van der Waals surface area contributed by atoms with Crippen LogP contribution >= 0.6 is 24.0 Å². The average molecular weight is 444 g/mol. The van der Waals surface area contributed by atoms with Gasteiger partial charge in [0, 0.05) is 33.5 Å². The van der Waals surface area contributed by atoms with E-state index in [2.05, 4.69) is 33.2 Å². The van der Waals surface area contributed by atoms with Crippen LogP contribution < -0.4 is 21.1 Å². The monoisotopic (exact) mass is 443 g/mol. The van der Waals surface area contributed by atoms with Crippen LogP contribution in [0.4, 0.5) is 17.2 Å². The van der Waals surface area contributed by atoms with Crippen LogP contribution in [0.5, 0.6) is 5.75 Å². The molecule has 0 saturated heterocycles. The molecule has 30 heavy (non-hydrogen) atoms. The first kappa shape index (κ1) is 20.7. The minimum absolute atomic E-state index is 0.00117. The Kier molecular flexibility index (Phi) is 5.75. The molecule has 0 aliphatic heterocycles. The summed E-state index contributed by atoms with van der Waals surface area (Å²) in [4.78, 5) is 24.3. The first-order valence-electron chi connectivity index (χ1n) is 9.86. The summed E-state index contributed by atoms with van der Waals surface area (Å²) >= 11 is 6.07. The van der Waals surface area contributed by atoms with Crippen molar-refractivity contribution < 1.29 is 9.53 Å². The van der Waals surface area contributed by atoms with E-state index in [-0.39, 0.29) is 17.9 Å². The Bertz CT molecular complexity index is 1110. The Morgan fingerprint density at radius 1 is 1.37 bits per heavy atom. The number of hydrogen-bond donors (Lipinski definition) is 4. The molecule has 2 heterocycles. The molecule has 0 fully saturated rings. The van der Waals surface area contributed by atoms with E-state index in [0.717, 1.165) is 41.0 Å². The predicted octanol–water partition coefficient (Wildman–Crippen LogP) is 3.94. The Balaban J connectivity index is 1.69. The lowest BCUT2D eigenvalue weighted by atomic mass is 9.87. The molecule has 1 amide bonds. The zero-order valence-electron chi connectivity index (χ0n) is 17.2. The van der Waals surface area contributed by atoms with Crippen molar-refractivity contribution in [1.29, 1.82) is 0 Å². The number of nitrogens with one attached hydrogen (secondary N) is 2. The molecule has 4 rings (SSSR count). The molecule has 0 bridgehead atoms. The summed E-state index contributed by atoms with van der Waals surface area (Å²) in [5.41, 5.74) is 8.47. The van der Waals surface area contributed by atoms with Crippen LogP contribution in [0, 0.1) is 5.92 Å². The molecule has 0 spiro atoms. The van der Waals surface area contributed by atoms with Gasteiger partial charge >= 0.3 is 0 Å². The number of aromatic nitrogens is 2. The minimum Gasteiger partial charge on any atom is -0.494 e. The smallest absolute Gasteiger partial charge is 0.223 e. The third kappa shape index (κ3) is 3.91.